The Labute approximate surface area is 182 Å². The molecule has 2 aliphatic heterocycles. The van der Waals surface area contributed by atoms with E-state index in [2.05, 4.69) is 21.1 Å². The van der Waals surface area contributed by atoms with Crippen LogP contribution in [0.15, 0.2) is 12.5 Å². The summed E-state index contributed by atoms with van der Waals surface area (Å²) < 4.78 is 45.6. The number of rotatable bonds is 5. The molecule has 4 heterocycles. The van der Waals surface area contributed by atoms with Crippen LogP contribution >= 0.6 is 7.82 Å². The number of fused-ring (bicyclic) bond motifs is 2. The third-order valence-electron chi connectivity index (χ3n) is 5.08. The van der Waals surface area contributed by atoms with Crippen molar-refractivity contribution in [2.45, 2.75) is 44.7 Å². The molecule has 5 atom stereocenters. The quantitative estimate of drug-likeness (QED) is 0.379. The molecule has 172 valence electrons. The Bertz CT molecular complexity index is 1120. The number of nitrogen functional groups attached to an aromatic ring is 1. The van der Waals surface area contributed by atoms with E-state index in [1.54, 1.807) is 20.8 Å². The van der Waals surface area contributed by atoms with Crippen LogP contribution in [0, 0.1) is 17.2 Å². The van der Waals surface area contributed by atoms with E-state index in [4.69, 9.17) is 33.5 Å². The minimum absolute atomic E-state index is 0.135. The number of carbonyl (C=O) groups excluding carboxylic acids is 1. The van der Waals surface area contributed by atoms with Crippen molar-refractivity contribution in [3.63, 3.8) is 0 Å². The second-order valence-corrected chi connectivity index (χ2v) is 9.06. The van der Waals surface area contributed by atoms with E-state index in [1.165, 1.54) is 17.0 Å². The second kappa shape index (κ2) is 8.27. The molecular weight excluding hydrogens is 447 g/mol. The maximum absolute atomic E-state index is 12.9. The molecule has 2 aromatic heterocycles. The largest absolute Gasteiger partial charge is 0.510 e. The third kappa shape index (κ3) is 3.78. The molecule has 0 bridgehead atoms. The van der Waals surface area contributed by atoms with E-state index in [0.29, 0.717) is 5.69 Å². The molecule has 0 aliphatic carbocycles. The van der Waals surface area contributed by atoms with Crippen LogP contribution in [0.5, 0.6) is 0 Å². The number of phosphoric ester groups is 1. The van der Waals surface area contributed by atoms with Gasteiger partial charge >= 0.3 is 14.0 Å². The number of nitrogens with two attached hydrogens (primary N) is 1. The number of anilines is 1. The zero-order valence-electron chi connectivity index (χ0n) is 17.4. The van der Waals surface area contributed by atoms with Crippen LogP contribution < -0.4 is 5.73 Å². The molecule has 2 saturated heterocycles. The van der Waals surface area contributed by atoms with Gasteiger partial charge in [-0.2, -0.15) is 10.4 Å². The monoisotopic (exact) mass is 468 g/mol. The molecule has 2 N–H and O–H groups in total. The van der Waals surface area contributed by atoms with Crippen molar-refractivity contribution < 1.29 is 37.1 Å². The van der Waals surface area contributed by atoms with Crippen molar-refractivity contribution in [2.24, 2.45) is 5.92 Å². The van der Waals surface area contributed by atoms with Gasteiger partial charge in [-0.05, 0) is 13.8 Å². The summed E-state index contributed by atoms with van der Waals surface area (Å²) >= 11 is 0. The fourth-order valence-corrected chi connectivity index (χ4v) is 4.92. The minimum Gasteiger partial charge on any atom is -0.432 e. The number of carbonyl (C=O) groups is 1. The highest BCUT2D eigenvalue weighted by Gasteiger charge is 2.61. The van der Waals surface area contributed by atoms with Crippen LogP contribution in [0.4, 0.5) is 10.6 Å². The normalized spacial score (nSPS) is 31.9. The standard InChI is InChI=1S/C17H21N6O8P/c1-9(2)29-16(24)26-8-28-32(25)27-5-11-13(31-32)10(3)17(6-18,30-11)12-4-20-15-14(19)21-7-22-23(12)15/h4,7,9-11,13H,5,8H2,1-3H3,(H2,19,21,22). The number of imidazole rings is 1. The molecule has 32 heavy (non-hydrogen) atoms. The molecule has 2 aliphatic rings. The van der Waals surface area contributed by atoms with Crippen LogP contribution in [-0.2, 0) is 37.9 Å². The van der Waals surface area contributed by atoms with Crippen LogP contribution in [0.3, 0.4) is 0 Å². The average molecular weight is 468 g/mol. The molecule has 2 fully saturated rings. The molecule has 0 radical (unpaired) electrons. The fourth-order valence-electron chi connectivity index (χ4n) is 3.60. The summed E-state index contributed by atoms with van der Waals surface area (Å²) in [5.74, 6) is -0.503. The summed E-state index contributed by atoms with van der Waals surface area (Å²) in [6, 6.07) is 2.16. The molecule has 5 unspecified atom stereocenters. The van der Waals surface area contributed by atoms with Gasteiger partial charge in [-0.3, -0.25) is 9.05 Å². The van der Waals surface area contributed by atoms with Gasteiger partial charge in [0.05, 0.1) is 18.9 Å². The smallest absolute Gasteiger partial charge is 0.432 e. The van der Waals surface area contributed by atoms with Crippen molar-refractivity contribution in [2.75, 3.05) is 19.1 Å². The fraction of sp³-hybridized carbons (Fsp3) is 0.588. The summed E-state index contributed by atoms with van der Waals surface area (Å²) in [6.45, 7) is 4.10. The Hall–Kier alpha value is -2.82. The lowest BCUT2D eigenvalue weighted by Crippen LogP contribution is -2.37. The van der Waals surface area contributed by atoms with E-state index in [-0.39, 0.29) is 18.1 Å². The van der Waals surface area contributed by atoms with Crippen molar-refractivity contribution >= 4 is 25.4 Å². The van der Waals surface area contributed by atoms with Crippen molar-refractivity contribution in [1.82, 2.24) is 19.6 Å². The summed E-state index contributed by atoms with van der Waals surface area (Å²) in [4.78, 5) is 19.5. The number of nitriles is 1. The van der Waals surface area contributed by atoms with Crippen molar-refractivity contribution in [1.29, 1.82) is 5.26 Å². The third-order valence-corrected chi connectivity index (χ3v) is 6.47. The Morgan fingerprint density at radius 2 is 2.28 bits per heavy atom. The number of hydrogen-bond acceptors (Lipinski definition) is 13. The van der Waals surface area contributed by atoms with Crippen LogP contribution in [0.2, 0.25) is 0 Å². The van der Waals surface area contributed by atoms with Crippen LogP contribution in [0.1, 0.15) is 26.5 Å². The highest BCUT2D eigenvalue weighted by molar-refractivity contribution is 7.48. The summed E-state index contributed by atoms with van der Waals surface area (Å²) in [5, 5.41) is 14.2. The van der Waals surface area contributed by atoms with Gasteiger partial charge in [0.25, 0.3) is 0 Å². The van der Waals surface area contributed by atoms with Gasteiger partial charge in [0, 0.05) is 5.92 Å². The van der Waals surface area contributed by atoms with Gasteiger partial charge in [-0.1, -0.05) is 6.92 Å². The number of hydrogen-bond donors (Lipinski definition) is 1. The van der Waals surface area contributed by atoms with E-state index in [0.717, 1.165) is 0 Å². The summed E-state index contributed by atoms with van der Waals surface area (Å²) in [7, 11) is -4.10. The highest BCUT2D eigenvalue weighted by Crippen LogP contribution is 2.59. The van der Waals surface area contributed by atoms with Gasteiger partial charge in [0.2, 0.25) is 12.4 Å². The van der Waals surface area contributed by atoms with Gasteiger partial charge < -0.3 is 19.9 Å². The number of aromatic nitrogens is 4. The Morgan fingerprint density at radius 1 is 1.50 bits per heavy atom. The van der Waals surface area contributed by atoms with Gasteiger partial charge in [-0.15, -0.1) is 0 Å². The Morgan fingerprint density at radius 3 is 3.00 bits per heavy atom. The predicted octanol–water partition coefficient (Wildman–Crippen LogP) is 1.52. The lowest BCUT2D eigenvalue weighted by Gasteiger charge is -2.31. The van der Waals surface area contributed by atoms with Crippen molar-refractivity contribution in [3.8, 4) is 6.07 Å². The molecule has 2 aromatic rings. The first-order valence-corrected chi connectivity index (χ1v) is 11.1. The summed E-state index contributed by atoms with van der Waals surface area (Å²) in [5.41, 5.74) is 4.86. The first-order valence-electron chi connectivity index (χ1n) is 9.64. The molecule has 0 amide bonds. The molecule has 4 rings (SSSR count). The summed E-state index contributed by atoms with van der Waals surface area (Å²) in [6.07, 6.45) is -0.290. The Balaban J connectivity index is 1.52. The minimum atomic E-state index is -4.10. The SMILES string of the molecule is CC(C)OC(=O)OCOP1(=O)OCC2OC(C#N)(c3cnc4c(N)ncnn34)C(C)C2O1. The first-order chi connectivity index (χ1) is 15.2. The maximum Gasteiger partial charge on any atom is 0.510 e. The van der Waals surface area contributed by atoms with E-state index >= 15 is 0 Å². The topological polar surface area (TPSA) is 182 Å². The average Bonchev–Trinajstić information content (AvgIpc) is 3.28. The van der Waals surface area contributed by atoms with Crippen LogP contribution in [-0.4, -0.2) is 57.4 Å². The van der Waals surface area contributed by atoms with Gasteiger partial charge in [0.1, 0.15) is 30.3 Å². The zero-order valence-corrected chi connectivity index (χ0v) is 18.3. The van der Waals surface area contributed by atoms with Crippen LogP contribution in [0.25, 0.3) is 5.65 Å². The molecule has 14 nitrogen and oxygen atoms in total. The predicted molar refractivity (Wildman–Crippen MR) is 104 cm³/mol. The molecule has 0 aromatic carbocycles. The van der Waals surface area contributed by atoms with Gasteiger partial charge in [-0.25, -0.2) is 28.4 Å². The maximum atomic E-state index is 12.9. The second-order valence-electron chi connectivity index (χ2n) is 7.44. The molecule has 0 saturated carbocycles. The van der Waals surface area contributed by atoms with E-state index in [9.17, 15) is 14.6 Å². The first kappa shape index (κ1) is 22.4. The van der Waals surface area contributed by atoms with Crippen molar-refractivity contribution in [3.05, 3.63) is 18.2 Å². The zero-order chi connectivity index (χ0) is 23.1. The molecule has 0 spiro atoms. The lowest BCUT2D eigenvalue weighted by molar-refractivity contribution is -0.0872. The van der Waals surface area contributed by atoms with E-state index in [1.807, 2.05) is 0 Å². The highest BCUT2D eigenvalue weighted by atomic mass is 31.2. The Kier molecular flexibility index (Phi) is 5.78. The van der Waals surface area contributed by atoms with E-state index < -0.39 is 50.6 Å². The number of ether oxygens (including phenoxy) is 3. The van der Waals surface area contributed by atoms with Gasteiger partial charge in [0.15, 0.2) is 11.5 Å². The number of nitrogens with zero attached hydrogens (tertiary/aromatic N) is 5. The molecule has 15 heteroatoms. The number of phosphoric acid groups is 1. The lowest BCUT2D eigenvalue weighted by atomic mass is 9.85. The molecular formula is C17H21N6O8P.